The van der Waals surface area contributed by atoms with Crippen LogP contribution < -0.4 is 5.32 Å². The molecule has 4 rings (SSSR count). The summed E-state index contributed by atoms with van der Waals surface area (Å²) in [6.45, 7) is 0.758. The highest BCUT2D eigenvalue weighted by atomic mass is 35.5. The normalized spacial score (nSPS) is 18.0. The molecule has 0 spiro atoms. The molecule has 0 aliphatic carbocycles. The van der Waals surface area contributed by atoms with E-state index in [0.29, 0.717) is 27.2 Å². The Morgan fingerprint density at radius 2 is 2.12 bits per heavy atom. The van der Waals surface area contributed by atoms with Crippen LogP contribution in [-0.2, 0) is 4.74 Å². The molecule has 2 aromatic heterocycles. The quantitative estimate of drug-likeness (QED) is 0.540. The summed E-state index contributed by atoms with van der Waals surface area (Å²) in [5.74, 6) is 0.577. The molecule has 1 aliphatic rings. The first-order valence-corrected chi connectivity index (χ1v) is 8.61. The summed E-state index contributed by atoms with van der Waals surface area (Å²) >= 11 is 10.6. The lowest BCUT2D eigenvalue weighted by Crippen LogP contribution is -2.17. The van der Waals surface area contributed by atoms with Gasteiger partial charge in [-0.2, -0.15) is 0 Å². The molecule has 0 radical (unpaired) electrons. The summed E-state index contributed by atoms with van der Waals surface area (Å²) in [6.07, 6.45) is 4.88. The van der Waals surface area contributed by atoms with Gasteiger partial charge < -0.3 is 10.1 Å². The van der Waals surface area contributed by atoms with Gasteiger partial charge in [0.1, 0.15) is 6.23 Å². The van der Waals surface area contributed by atoms with Gasteiger partial charge in [-0.3, -0.25) is 4.57 Å². The van der Waals surface area contributed by atoms with Crippen molar-refractivity contribution in [3.63, 3.8) is 0 Å². The van der Waals surface area contributed by atoms with E-state index >= 15 is 0 Å². The van der Waals surface area contributed by atoms with Crippen molar-refractivity contribution in [3.8, 4) is 0 Å². The number of benzene rings is 1. The average molecular weight is 362 g/mol. The molecule has 1 N–H and O–H groups in total. The second-order valence-corrected chi connectivity index (χ2v) is 6.43. The van der Waals surface area contributed by atoms with Gasteiger partial charge in [-0.1, -0.05) is 23.7 Å². The van der Waals surface area contributed by atoms with E-state index in [0.717, 1.165) is 31.6 Å². The monoisotopic (exact) mass is 361 g/mol. The molecule has 3 aromatic rings. The predicted molar refractivity (Wildman–Crippen MR) is 96.1 cm³/mol. The molecule has 1 saturated heterocycles. The molecule has 3 heterocycles. The first-order valence-electron chi connectivity index (χ1n) is 7.79. The molecule has 24 heavy (non-hydrogen) atoms. The Balaban J connectivity index is 1.76. The van der Waals surface area contributed by atoms with E-state index in [1.165, 1.54) is 0 Å². The summed E-state index contributed by atoms with van der Waals surface area (Å²) < 4.78 is 7.80. The molecule has 124 valence electrons. The zero-order valence-corrected chi connectivity index (χ0v) is 14.5. The Labute approximate surface area is 149 Å². The SMILES string of the molecule is Sc1nc(Nc2ccccc2Cl)c2ncn(C3CCCCO3)c2n1. The number of imidazole rings is 1. The highest BCUT2D eigenvalue weighted by Gasteiger charge is 2.21. The molecule has 1 unspecified atom stereocenters. The van der Waals surface area contributed by atoms with Crippen LogP contribution in [0.15, 0.2) is 35.7 Å². The highest BCUT2D eigenvalue weighted by molar-refractivity contribution is 7.80. The number of aromatic nitrogens is 4. The lowest BCUT2D eigenvalue weighted by molar-refractivity contribution is -0.0298. The van der Waals surface area contributed by atoms with Crippen molar-refractivity contribution < 1.29 is 4.74 Å². The third-order valence-corrected chi connectivity index (χ3v) is 4.53. The van der Waals surface area contributed by atoms with Crippen LogP contribution in [0.4, 0.5) is 11.5 Å². The minimum atomic E-state index is -0.0421. The first-order chi connectivity index (χ1) is 11.7. The second-order valence-electron chi connectivity index (χ2n) is 5.62. The third kappa shape index (κ3) is 2.94. The number of halogens is 1. The highest BCUT2D eigenvalue weighted by Crippen LogP contribution is 2.31. The van der Waals surface area contributed by atoms with Crippen LogP contribution in [0.5, 0.6) is 0 Å². The summed E-state index contributed by atoms with van der Waals surface area (Å²) in [5, 5.41) is 4.20. The molecule has 1 fully saturated rings. The van der Waals surface area contributed by atoms with E-state index in [2.05, 4.69) is 32.9 Å². The lowest BCUT2D eigenvalue weighted by atomic mass is 10.2. The molecule has 1 atom stereocenters. The molecule has 1 aromatic carbocycles. The average Bonchev–Trinajstić information content (AvgIpc) is 3.01. The number of fused-ring (bicyclic) bond motifs is 1. The van der Waals surface area contributed by atoms with Gasteiger partial charge in [0.25, 0.3) is 0 Å². The Morgan fingerprint density at radius 3 is 2.92 bits per heavy atom. The van der Waals surface area contributed by atoms with Gasteiger partial charge in [-0.25, -0.2) is 15.0 Å². The summed E-state index contributed by atoms with van der Waals surface area (Å²) in [5.41, 5.74) is 2.13. The minimum absolute atomic E-state index is 0.0421. The summed E-state index contributed by atoms with van der Waals surface area (Å²) in [4.78, 5) is 13.3. The predicted octanol–water partition coefficient (Wildman–Crippen LogP) is 4.21. The van der Waals surface area contributed by atoms with Crippen LogP contribution in [-0.4, -0.2) is 26.1 Å². The number of rotatable bonds is 3. The minimum Gasteiger partial charge on any atom is -0.358 e. The van der Waals surface area contributed by atoms with Crippen molar-refractivity contribution in [3.05, 3.63) is 35.6 Å². The van der Waals surface area contributed by atoms with Gasteiger partial charge in [0.15, 0.2) is 22.1 Å². The van der Waals surface area contributed by atoms with Gasteiger partial charge in [0.05, 0.1) is 17.0 Å². The third-order valence-electron chi connectivity index (χ3n) is 4.00. The van der Waals surface area contributed by atoms with Gasteiger partial charge >= 0.3 is 0 Å². The largest absolute Gasteiger partial charge is 0.358 e. The van der Waals surface area contributed by atoms with Crippen LogP contribution in [0.3, 0.4) is 0 Å². The Bertz CT molecular complexity index is 878. The van der Waals surface area contributed by atoms with Crippen molar-refractivity contribution in [2.45, 2.75) is 30.6 Å². The zero-order valence-electron chi connectivity index (χ0n) is 12.8. The number of nitrogens with zero attached hydrogens (tertiary/aromatic N) is 4. The van der Waals surface area contributed by atoms with E-state index in [-0.39, 0.29) is 6.23 Å². The van der Waals surface area contributed by atoms with E-state index in [1.54, 1.807) is 6.33 Å². The molecule has 6 nitrogen and oxygen atoms in total. The van der Waals surface area contributed by atoms with Crippen molar-refractivity contribution in [2.24, 2.45) is 0 Å². The number of nitrogens with one attached hydrogen (secondary N) is 1. The van der Waals surface area contributed by atoms with Crippen molar-refractivity contribution in [1.29, 1.82) is 0 Å². The zero-order chi connectivity index (χ0) is 16.5. The standard InChI is InChI=1S/C16H16ClN5OS/c17-10-5-1-2-6-11(10)19-14-13-15(21-16(24)20-14)22(9-18-13)12-7-3-4-8-23-12/h1-2,5-6,9,12H,3-4,7-8H2,(H2,19,20,21,24). The molecule has 1 aliphatic heterocycles. The Hall–Kier alpha value is -1.83. The molecule has 0 bridgehead atoms. The summed E-state index contributed by atoms with van der Waals surface area (Å²) in [6, 6.07) is 7.49. The molecule has 8 heteroatoms. The van der Waals surface area contributed by atoms with Gasteiger partial charge in [0.2, 0.25) is 0 Å². The van der Waals surface area contributed by atoms with E-state index in [9.17, 15) is 0 Å². The van der Waals surface area contributed by atoms with Crippen LogP contribution in [0.1, 0.15) is 25.5 Å². The van der Waals surface area contributed by atoms with Crippen LogP contribution in [0.25, 0.3) is 11.2 Å². The van der Waals surface area contributed by atoms with Gasteiger partial charge in [-0.15, -0.1) is 12.6 Å². The molecular formula is C16H16ClN5OS. The fourth-order valence-electron chi connectivity index (χ4n) is 2.84. The number of hydrogen-bond donors (Lipinski definition) is 2. The topological polar surface area (TPSA) is 64.9 Å². The Morgan fingerprint density at radius 1 is 1.25 bits per heavy atom. The maximum atomic E-state index is 6.22. The lowest BCUT2D eigenvalue weighted by Gasteiger charge is -2.23. The molecule has 0 saturated carbocycles. The second kappa shape index (κ2) is 6.58. The number of hydrogen-bond acceptors (Lipinski definition) is 6. The van der Waals surface area contributed by atoms with Crippen LogP contribution >= 0.6 is 24.2 Å². The Kier molecular flexibility index (Phi) is 4.30. The van der Waals surface area contributed by atoms with Crippen molar-refractivity contribution in [2.75, 3.05) is 11.9 Å². The molecular weight excluding hydrogens is 346 g/mol. The van der Waals surface area contributed by atoms with Crippen LogP contribution in [0, 0.1) is 0 Å². The van der Waals surface area contributed by atoms with Crippen LogP contribution in [0.2, 0.25) is 5.02 Å². The maximum absolute atomic E-state index is 6.22. The fraction of sp³-hybridized carbons (Fsp3) is 0.312. The smallest absolute Gasteiger partial charge is 0.188 e. The maximum Gasteiger partial charge on any atom is 0.188 e. The molecule has 0 amide bonds. The van der Waals surface area contributed by atoms with Crippen molar-refractivity contribution in [1.82, 2.24) is 19.5 Å². The number of ether oxygens (including phenoxy) is 1. The fourth-order valence-corrected chi connectivity index (χ4v) is 3.21. The van der Waals surface area contributed by atoms with E-state index in [4.69, 9.17) is 16.3 Å². The van der Waals surface area contributed by atoms with E-state index in [1.807, 2.05) is 28.8 Å². The van der Waals surface area contributed by atoms with Gasteiger partial charge in [0, 0.05) is 6.61 Å². The number of para-hydroxylation sites is 1. The van der Waals surface area contributed by atoms with Gasteiger partial charge in [-0.05, 0) is 31.4 Å². The summed E-state index contributed by atoms with van der Waals surface area (Å²) in [7, 11) is 0. The van der Waals surface area contributed by atoms with E-state index < -0.39 is 0 Å². The first kappa shape index (κ1) is 15.7. The number of anilines is 2. The number of thiol groups is 1. The van der Waals surface area contributed by atoms with Crippen molar-refractivity contribution >= 4 is 46.9 Å².